The fourth-order valence-electron chi connectivity index (χ4n) is 3.72. The third kappa shape index (κ3) is 28.9. The summed E-state index contributed by atoms with van der Waals surface area (Å²) < 4.78 is 28.7. The van der Waals surface area contributed by atoms with Gasteiger partial charge in [-0.05, 0) is 25.9 Å². The van der Waals surface area contributed by atoms with Crippen molar-refractivity contribution in [3.8, 4) is 0 Å². The second-order valence-corrected chi connectivity index (χ2v) is 10.9. The van der Waals surface area contributed by atoms with Crippen LogP contribution in [0.1, 0.15) is 136 Å². The molecule has 4 N–H and O–H groups in total. The van der Waals surface area contributed by atoms with Crippen molar-refractivity contribution in [2.75, 3.05) is 13.1 Å². The smallest absolute Gasteiger partial charge is 0.325 e. The van der Waals surface area contributed by atoms with Gasteiger partial charge in [-0.1, -0.05) is 117 Å². The molecule has 0 rings (SSSR count). The molecule has 9 heteroatoms. The van der Waals surface area contributed by atoms with E-state index in [9.17, 15) is 18.0 Å². The number of carbonyl (C=O) groups is 2. The fourth-order valence-corrected chi connectivity index (χ4v) is 4.33. The lowest BCUT2D eigenvalue weighted by molar-refractivity contribution is -0.143. The average molecular weight is 524 g/mol. The summed E-state index contributed by atoms with van der Waals surface area (Å²) >= 11 is 0. The molecule has 0 aliphatic carbocycles. The van der Waals surface area contributed by atoms with Crippen LogP contribution in [0.25, 0.3) is 0 Å². The molecule has 0 aromatic carbocycles. The van der Waals surface area contributed by atoms with Gasteiger partial charge < -0.3 is 15.5 Å². The van der Waals surface area contributed by atoms with Gasteiger partial charge in [0.15, 0.2) is 5.25 Å². The van der Waals surface area contributed by atoms with Crippen molar-refractivity contribution >= 4 is 22.1 Å². The van der Waals surface area contributed by atoms with Crippen LogP contribution in [0.2, 0.25) is 0 Å². The van der Waals surface area contributed by atoms with Crippen LogP contribution in [0.5, 0.6) is 0 Å². The van der Waals surface area contributed by atoms with Crippen LogP contribution in [-0.4, -0.2) is 53.5 Å². The lowest BCUT2D eigenvalue weighted by atomic mass is 10.1. The number of hydrogen-bond acceptors (Lipinski definition) is 5. The van der Waals surface area contributed by atoms with E-state index in [2.05, 4.69) is 19.2 Å². The zero-order chi connectivity index (χ0) is 26.8. The Kier molecular flexibility index (Phi) is 26.6. The second kappa shape index (κ2) is 25.9. The summed E-state index contributed by atoms with van der Waals surface area (Å²) in [6.45, 7) is 7.07. The molecule has 0 aromatic heterocycles. The Hall–Kier alpha value is -1.19. The molecule has 0 saturated heterocycles. The molecule has 8 nitrogen and oxygen atoms in total. The van der Waals surface area contributed by atoms with Crippen LogP contribution in [0, 0.1) is 0 Å². The maximum Gasteiger partial charge on any atom is 0.325 e. The molecule has 0 aliphatic rings. The van der Waals surface area contributed by atoms with Crippen molar-refractivity contribution in [3.05, 3.63) is 0 Å². The maximum atomic E-state index is 10.2. The number of carboxylic acids is 2. The summed E-state index contributed by atoms with van der Waals surface area (Å²) in [7, 11) is -4.84. The van der Waals surface area contributed by atoms with Crippen molar-refractivity contribution in [1.82, 2.24) is 5.32 Å². The normalized spacial score (nSPS) is 12.1. The first kappa shape index (κ1) is 36.0. The summed E-state index contributed by atoms with van der Waals surface area (Å²) in [6, 6.07) is 0. The molecular formula is C26H53NO7S. The predicted octanol–water partition coefficient (Wildman–Crippen LogP) is 6.44. The van der Waals surface area contributed by atoms with Crippen LogP contribution in [0.3, 0.4) is 0 Å². The summed E-state index contributed by atoms with van der Waals surface area (Å²) in [5.41, 5.74) is 0. The van der Waals surface area contributed by atoms with Crippen LogP contribution < -0.4 is 5.32 Å². The van der Waals surface area contributed by atoms with E-state index in [1.54, 1.807) is 0 Å². The van der Waals surface area contributed by atoms with Gasteiger partial charge in [0, 0.05) is 0 Å². The molecule has 0 aromatic rings. The van der Waals surface area contributed by atoms with Crippen LogP contribution in [-0.2, 0) is 19.7 Å². The van der Waals surface area contributed by atoms with E-state index in [0.717, 1.165) is 0 Å². The van der Waals surface area contributed by atoms with Crippen LogP contribution in [0.15, 0.2) is 0 Å². The Morgan fingerprint density at radius 3 is 1.17 bits per heavy atom. The van der Waals surface area contributed by atoms with Gasteiger partial charge >= 0.3 is 11.9 Å². The van der Waals surface area contributed by atoms with Crippen LogP contribution in [0.4, 0.5) is 0 Å². The molecule has 210 valence electrons. The highest BCUT2D eigenvalue weighted by Crippen LogP contribution is 2.10. The minimum Gasteiger partial charge on any atom is -0.481 e. The first-order chi connectivity index (χ1) is 16.7. The van der Waals surface area contributed by atoms with Gasteiger partial charge in [0.05, 0.1) is 6.42 Å². The molecule has 0 heterocycles. The van der Waals surface area contributed by atoms with E-state index in [0.29, 0.717) is 0 Å². The summed E-state index contributed by atoms with van der Waals surface area (Å²) in [5, 5.41) is 17.5. The minimum absolute atomic E-state index is 1.16. The van der Waals surface area contributed by atoms with E-state index in [1.165, 1.54) is 129 Å². The van der Waals surface area contributed by atoms with E-state index >= 15 is 0 Å². The SMILES string of the molecule is CCCCCCCCCCCNCCCCCCCCCCC.O=C(O)CC(C(=O)O)S(=O)(=O)O. The Bertz CT molecular complexity index is 577. The highest BCUT2D eigenvalue weighted by molar-refractivity contribution is 7.87. The van der Waals surface area contributed by atoms with Crippen LogP contribution >= 0.6 is 0 Å². The first-order valence-corrected chi connectivity index (χ1v) is 15.3. The zero-order valence-corrected chi connectivity index (χ0v) is 23.1. The average Bonchev–Trinajstić information content (AvgIpc) is 2.78. The molecule has 0 bridgehead atoms. The molecule has 0 amide bonds. The lowest BCUT2D eigenvalue weighted by Crippen LogP contribution is -2.31. The third-order valence-electron chi connectivity index (χ3n) is 5.91. The van der Waals surface area contributed by atoms with Gasteiger partial charge in [-0.25, -0.2) is 0 Å². The van der Waals surface area contributed by atoms with Crippen molar-refractivity contribution in [2.24, 2.45) is 0 Å². The highest BCUT2D eigenvalue weighted by Gasteiger charge is 2.33. The van der Waals surface area contributed by atoms with Crippen molar-refractivity contribution in [2.45, 2.75) is 141 Å². The number of carboxylic acid groups (broad SMARTS) is 2. The Labute approximate surface area is 214 Å². The van der Waals surface area contributed by atoms with E-state index < -0.39 is 33.7 Å². The highest BCUT2D eigenvalue weighted by atomic mass is 32.2. The molecule has 0 aliphatic heterocycles. The minimum atomic E-state index is -4.84. The van der Waals surface area contributed by atoms with Gasteiger partial charge in [0.1, 0.15) is 0 Å². The Morgan fingerprint density at radius 1 is 0.629 bits per heavy atom. The van der Waals surface area contributed by atoms with Crippen molar-refractivity contribution in [1.29, 1.82) is 0 Å². The number of rotatable bonds is 24. The topological polar surface area (TPSA) is 141 Å². The maximum absolute atomic E-state index is 10.2. The molecule has 0 spiro atoms. The van der Waals surface area contributed by atoms with Gasteiger partial charge in [-0.2, -0.15) is 8.42 Å². The van der Waals surface area contributed by atoms with Gasteiger partial charge in [-0.15, -0.1) is 0 Å². The van der Waals surface area contributed by atoms with E-state index in [4.69, 9.17) is 14.8 Å². The molecule has 35 heavy (non-hydrogen) atoms. The first-order valence-electron chi connectivity index (χ1n) is 13.8. The molecule has 1 atom stereocenters. The molecule has 0 fully saturated rings. The lowest BCUT2D eigenvalue weighted by Gasteiger charge is -2.05. The van der Waals surface area contributed by atoms with E-state index in [-0.39, 0.29) is 0 Å². The number of nitrogens with one attached hydrogen (secondary N) is 1. The summed E-state index contributed by atoms with van der Waals surface area (Å²) in [5.74, 6) is -3.50. The molecular weight excluding hydrogens is 470 g/mol. The summed E-state index contributed by atoms with van der Waals surface area (Å²) in [6.07, 6.45) is 24.6. The third-order valence-corrected chi connectivity index (χ3v) is 7.00. The number of aliphatic carboxylic acids is 2. The second-order valence-electron chi connectivity index (χ2n) is 9.35. The van der Waals surface area contributed by atoms with Gasteiger partial charge in [0.25, 0.3) is 10.1 Å². The zero-order valence-electron chi connectivity index (χ0n) is 22.3. The predicted molar refractivity (Wildman–Crippen MR) is 143 cm³/mol. The molecule has 1 unspecified atom stereocenters. The monoisotopic (exact) mass is 523 g/mol. The summed E-state index contributed by atoms with van der Waals surface area (Å²) in [4.78, 5) is 20.0. The fraction of sp³-hybridized carbons (Fsp3) is 0.923. The largest absolute Gasteiger partial charge is 0.481 e. The molecule has 0 saturated carbocycles. The van der Waals surface area contributed by atoms with Gasteiger partial charge in [-0.3, -0.25) is 14.1 Å². The Balaban J connectivity index is 0. The Morgan fingerprint density at radius 2 is 0.943 bits per heavy atom. The number of unbranched alkanes of at least 4 members (excludes halogenated alkanes) is 16. The standard InChI is InChI=1S/C22H47N.C4H6O7S/c1-3-5-7-9-11-13-15-17-19-21-23-22-20-18-16-14-12-10-8-6-4-2;5-3(6)1-2(4(7)8)12(9,10)11/h23H,3-22H2,1-2H3;2H,1H2,(H,5,6)(H,7,8)(H,9,10,11). The van der Waals surface area contributed by atoms with Gasteiger partial charge in [0.2, 0.25) is 0 Å². The van der Waals surface area contributed by atoms with Crippen molar-refractivity contribution < 1.29 is 32.8 Å². The molecule has 0 radical (unpaired) electrons. The number of hydrogen-bond donors (Lipinski definition) is 4. The van der Waals surface area contributed by atoms with E-state index in [1.807, 2.05) is 0 Å². The van der Waals surface area contributed by atoms with Crippen molar-refractivity contribution in [3.63, 3.8) is 0 Å². The quantitative estimate of drug-likeness (QED) is 0.0836.